The van der Waals surface area contributed by atoms with Gasteiger partial charge in [-0.2, -0.15) is 5.26 Å². The second kappa shape index (κ2) is 8.11. The van der Waals surface area contributed by atoms with Crippen molar-refractivity contribution in [2.45, 2.75) is 0 Å². The van der Waals surface area contributed by atoms with E-state index in [0.29, 0.717) is 21.9 Å². The van der Waals surface area contributed by atoms with Gasteiger partial charge in [0.15, 0.2) is 0 Å². The van der Waals surface area contributed by atoms with Crippen LogP contribution in [0.5, 0.6) is 0 Å². The Hall–Kier alpha value is -3.86. The number of nitriles is 1. The zero-order valence-electron chi connectivity index (χ0n) is 15.6. The van der Waals surface area contributed by atoms with Crippen LogP contribution in [0.3, 0.4) is 0 Å². The minimum absolute atomic E-state index is 0.0748. The number of furan rings is 1. The predicted octanol–water partition coefficient (Wildman–Crippen LogP) is 4.79. The number of nitrogens with one attached hydrogen (secondary N) is 1. The van der Waals surface area contributed by atoms with E-state index in [9.17, 15) is 14.4 Å². The van der Waals surface area contributed by atoms with Crippen LogP contribution < -0.4 is 10.2 Å². The Balaban J connectivity index is 1.67. The van der Waals surface area contributed by atoms with Gasteiger partial charge in [0.1, 0.15) is 17.1 Å². The van der Waals surface area contributed by atoms with E-state index in [-0.39, 0.29) is 22.0 Å². The van der Waals surface area contributed by atoms with Crippen molar-refractivity contribution in [2.75, 3.05) is 4.90 Å². The Morgan fingerprint density at radius 1 is 1.00 bits per heavy atom. The molecule has 7 nitrogen and oxygen atoms in total. The molecule has 4 rings (SSSR count). The van der Waals surface area contributed by atoms with Gasteiger partial charge in [0.05, 0.1) is 22.3 Å². The number of benzene rings is 2. The zero-order valence-corrected chi connectivity index (χ0v) is 17.1. The van der Waals surface area contributed by atoms with Crippen LogP contribution >= 0.6 is 23.2 Å². The Kier molecular flexibility index (Phi) is 5.34. The Morgan fingerprint density at radius 3 is 2.42 bits per heavy atom. The number of carbonyl (C=O) groups excluding carboxylic acids is 3. The van der Waals surface area contributed by atoms with Crippen LogP contribution in [-0.4, -0.2) is 17.8 Å². The maximum absolute atomic E-state index is 12.9. The quantitative estimate of drug-likeness (QED) is 0.455. The van der Waals surface area contributed by atoms with Gasteiger partial charge < -0.3 is 4.42 Å². The van der Waals surface area contributed by atoms with Gasteiger partial charge >= 0.3 is 6.03 Å². The van der Waals surface area contributed by atoms with Gasteiger partial charge in [-0.1, -0.05) is 23.2 Å². The summed E-state index contributed by atoms with van der Waals surface area (Å²) in [7, 11) is 0. The number of hydrogen-bond acceptors (Lipinski definition) is 5. The molecule has 0 radical (unpaired) electrons. The zero-order chi connectivity index (χ0) is 22.1. The molecule has 31 heavy (non-hydrogen) atoms. The van der Waals surface area contributed by atoms with E-state index in [0.717, 1.165) is 4.90 Å². The Labute approximate surface area is 186 Å². The van der Waals surface area contributed by atoms with Gasteiger partial charge in [0, 0.05) is 10.6 Å². The highest BCUT2D eigenvalue weighted by molar-refractivity contribution is 6.42. The average Bonchev–Trinajstić information content (AvgIpc) is 3.21. The second-order valence-corrected chi connectivity index (χ2v) is 7.29. The highest BCUT2D eigenvalue weighted by Gasteiger charge is 2.38. The first-order valence-corrected chi connectivity index (χ1v) is 9.60. The summed E-state index contributed by atoms with van der Waals surface area (Å²) in [5.74, 6) is -0.995. The van der Waals surface area contributed by atoms with E-state index in [4.69, 9.17) is 32.9 Å². The van der Waals surface area contributed by atoms with Crippen LogP contribution in [0.4, 0.5) is 10.5 Å². The lowest BCUT2D eigenvalue weighted by molar-refractivity contribution is -0.122. The Bertz CT molecular complexity index is 1300. The van der Waals surface area contributed by atoms with Crippen LogP contribution in [0.15, 0.2) is 64.6 Å². The van der Waals surface area contributed by atoms with E-state index < -0.39 is 17.8 Å². The molecule has 0 unspecified atom stereocenters. The minimum atomic E-state index is -0.922. The maximum atomic E-state index is 12.9. The van der Waals surface area contributed by atoms with E-state index in [1.54, 1.807) is 36.4 Å². The summed E-state index contributed by atoms with van der Waals surface area (Å²) >= 11 is 12.0. The highest BCUT2D eigenvalue weighted by atomic mass is 35.5. The molecule has 2 aromatic carbocycles. The van der Waals surface area contributed by atoms with Gasteiger partial charge in [0.2, 0.25) is 0 Å². The molecular weight excluding hydrogens is 441 g/mol. The lowest BCUT2D eigenvalue weighted by atomic mass is 10.1. The molecule has 0 aliphatic carbocycles. The molecule has 9 heteroatoms. The second-order valence-electron chi connectivity index (χ2n) is 6.44. The average molecular weight is 452 g/mol. The Morgan fingerprint density at radius 2 is 1.74 bits per heavy atom. The standard InChI is InChI=1S/C22H11Cl2N3O4/c23-14-5-7-18(17(24)9-14)27-21(29)16(20(28)26-22(27)30)10-15-6-8-19(31-15)13-3-1-12(11-25)2-4-13/h1-10H,(H,26,28,30)/b16-10+. The number of urea groups is 1. The summed E-state index contributed by atoms with van der Waals surface area (Å²) in [5, 5.41) is 11.4. The monoisotopic (exact) mass is 451 g/mol. The van der Waals surface area contributed by atoms with Crippen LogP contribution in [0.2, 0.25) is 10.0 Å². The van der Waals surface area contributed by atoms with Crippen molar-refractivity contribution in [1.29, 1.82) is 5.26 Å². The predicted molar refractivity (Wildman–Crippen MR) is 114 cm³/mol. The van der Waals surface area contributed by atoms with Crippen LogP contribution in [-0.2, 0) is 9.59 Å². The summed E-state index contributed by atoms with van der Waals surface area (Å²) in [6.45, 7) is 0. The number of carbonyl (C=O) groups is 3. The number of nitrogens with zero attached hydrogens (tertiary/aromatic N) is 2. The summed E-state index contributed by atoms with van der Waals surface area (Å²) in [5.41, 5.74) is 1.01. The van der Waals surface area contributed by atoms with Gasteiger partial charge in [-0.3, -0.25) is 14.9 Å². The van der Waals surface area contributed by atoms with Crippen LogP contribution in [0.25, 0.3) is 17.4 Å². The fourth-order valence-electron chi connectivity index (χ4n) is 2.98. The summed E-state index contributed by atoms with van der Waals surface area (Å²) in [4.78, 5) is 38.3. The number of barbiturate groups is 1. The molecule has 0 saturated carbocycles. The molecule has 0 atom stereocenters. The summed E-state index contributed by atoms with van der Waals surface area (Å²) < 4.78 is 5.71. The molecule has 1 N–H and O–H groups in total. The number of rotatable bonds is 3. The molecule has 152 valence electrons. The highest BCUT2D eigenvalue weighted by Crippen LogP contribution is 2.32. The molecule has 0 spiro atoms. The third kappa shape index (κ3) is 3.94. The van der Waals surface area contributed by atoms with Crippen molar-refractivity contribution >= 4 is 52.8 Å². The van der Waals surface area contributed by atoms with Crippen LogP contribution in [0, 0.1) is 11.3 Å². The van der Waals surface area contributed by atoms with Gasteiger partial charge in [-0.05, 0) is 60.7 Å². The first-order chi connectivity index (χ1) is 14.9. The van der Waals surface area contributed by atoms with E-state index in [1.165, 1.54) is 24.3 Å². The third-order valence-corrected chi connectivity index (χ3v) is 5.00. The molecule has 1 aromatic heterocycles. The van der Waals surface area contributed by atoms with Crippen molar-refractivity contribution in [3.05, 3.63) is 81.5 Å². The number of hydrogen-bond donors (Lipinski definition) is 1. The van der Waals surface area contributed by atoms with Crippen molar-refractivity contribution in [3.8, 4) is 17.4 Å². The maximum Gasteiger partial charge on any atom is 0.335 e. The molecule has 0 bridgehead atoms. The number of halogens is 2. The van der Waals surface area contributed by atoms with Gasteiger partial charge in [0.25, 0.3) is 11.8 Å². The number of imide groups is 2. The number of anilines is 1. The van der Waals surface area contributed by atoms with Crippen molar-refractivity contribution in [3.63, 3.8) is 0 Å². The summed E-state index contributed by atoms with van der Waals surface area (Å²) in [6.07, 6.45) is 1.24. The lowest BCUT2D eigenvalue weighted by Gasteiger charge is -2.26. The molecule has 4 amide bonds. The van der Waals surface area contributed by atoms with E-state index in [1.807, 2.05) is 6.07 Å². The van der Waals surface area contributed by atoms with Crippen LogP contribution in [0.1, 0.15) is 11.3 Å². The number of amides is 4. The molecule has 1 saturated heterocycles. The molecule has 1 aliphatic rings. The molecule has 2 heterocycles. The molecular formula is C22H11Cl2N3O4. The fraction of sp³-hybridized carbons (Fsp3) is 0. The van der Waals surface area contributed by atoms with Crippen molar-refractivity contribution in [2.24, 2.45) is 0 Å². The molecule has 3 aromatic rings. The SMILES string of the molecule is N#Cc1ccc(-c2ccc(/C=C3\C(=O)NC(=O)N(c4ccc(Cl)cc4Cl)C3=O)o2)cc1. The smallest absolute Gasteiger partial charge is 0.335 e. The third-order valence-electron chi connectivity index (χ3n) is 4.46. The molecule has 1 aliphatic heterocycles. The van der Waals surface area contributed by atoms with Crippen molar-refractivity contribution < 1.29 is 18.8 Å². The molecule has 1 fully saturated rings. The van der Waals surface area contributed by atoms with E-state index in [2.05, 4.69) is 5.32 Å². The normalized spacial score (nSPS) is 15.2. The fourth-order valence-corrected chi connectivity index (χ4v) is 3.47. The van der Waals surface area contributed by atoms with Gasteiger partial charge in [-0.25, -0.2) is 9.69 Å². The lowest BCUT2D eigenvalue weighted by Crippen LogP contribution is -2.54. The summed E-state index contributed by atoms with van der Waals surface area (Å²) in [6, 6.07) is 15.3. The van der Waals surface area contributed by atoms with E-state index >= 15 is 0 Å². The van der Waals surface area contributed by atoms with Crippen molar-refractivity contribution in [1.82, 2.24) is 5.32 Å². The first-order valence-electron chi connectivity index (χ1n) is 8.84. The minimum Gasteiger partial charge on any atom is -0.457 e. The topological polar surface area (TPSA) is 103 Å². The largest absolute Gasteiger partial charge is 0.457 e. The first kappa shape index (κ1) is 20.4. The van der Waals surface area contributed by atoms with Gasteiger partial charge in [-0.15, -0.1) is 0 Å².